The molecule has 5 atom stereocenters. The van der Waals surface area contributed by atoms with Crippen molar-refractivity contribution in [2.45, 2.75) is 77.1 Å². The molecular weight excluding hydrogens is 340 g/mol. The predicted molar refractivity (Wildman–Crippen MR) is 96.4 cm³/mol. The average Bonchev–Trinajstić information content (AvgIpc) is 2.87. The molecule has 0 spiro atoms. The van der Waals surface area contributed by atoms with Gasteiger partial charge in [0.05, 0.1) is 18.8 Å². The highest BCUT2D eigenvalue weighted by molar-refractivity contribution is 5.16. The maximum absolute atomic E-state index is 12.4. The van der Waals surface area contributed by atoms with Gasteiger partial charge in [-0.25, -0.2) is 4.79 Å². The molecule has 8 heteroatoms. The number of aliphatic hydroxyl groups is 1. The summed E-state index contributed by atoms with van der Waals surface area (Å²) in [5.41, 5.74) is -1.01. The van der Waals surface area contributed by atoms with E-state index in [0.29, 0.717) is 12.0 Å². The monoisotopic (exact) mass is 370 g/mol. The molecule has 0 radical (unpaired) electrons. The summed E-state index contributed by atoms with van der Waals surface area (Å²) in [5, 5.41) is 10.6. The molecule has 1 aromatic rings. The van der Waals surface area contributed by atoms with Crippen LogP contribution < -0.4 is 11.2 Å². The van der Waals surface area contributed by atoms with Gasteiger partial charge >= 0.3 is 5.69 Å². The lowest BCUT2D eigenvalue weighted by molar-refractivity contribution is -0.0933. The van der Waals surface area contributed by atoms with Crippen molar-refractivity contribution in [2.24, 2.45) is 0 Å². The third-order valence-electron chi connectivity index (χ3n) is 4.69. The molecule has 0 aromatic carbocycles. The van der Waals surface area contributed by atoms with Gasteiger partial charge in [-0.2, -0.15) is 0 Å². The summed E-state index contributed by atoms with van der Waals surface area (Å²) >= 11 is 0. The van der Waals surface area contributed by atoms with Gasteiger partial charge < -0.3 is 19.3 Å². The molecule has 1 fully saturated rings. The molecule has 2 N–H and O–H groups in total. The molecule has 0 aliphatic carbocycles. The third kappa shape index (κ3) is 4.25. The molecule has 1 saturated heterocycles. The first-order valence-corrected chi connectivity index (χ1v) is 8.94. The van der Waals surface area contributed by atoms with Gasteiger partial charge in [-0.05, 0) is 18.8 Å². The zero-order chi connectivity index (χ0) is 19.6. The van der Waals surface area contributed by atoms with E-state index in [-0.39, 0.29) is 12.7 Å². The maximum Gasteiger partial charge on any atom is 0.330 e. The maximum atomic E-state index is 12.4. The smallest absolute Gasteiger partial charge is 0.330 e. The Morgan fingerprint density at radius 3 is 2.58 bits per heavy atom. The topological polar surface area (TPSA) is 103 Å². The molecule has 2 heterocycles. The second kappa shape index (κ2) is 8.04. The van der Waals surface area contributed by atoms with Crippen molar-refractivity contribution in [1.82, 2.24) is 9.55 Å². The van der Waals surface area contributed by atoms with Crippen LogP contribution in [0.15, 0.2) is 15.8 Å². The minimum Gasteiger partial charge on any atom is -0.388 e. The first-order valence-electron chi connectivity index (χ1n) is 8.94. The van der Waals surface area contributed by atoms with Crippen molar-refractivity contribution < 1.29 is 19.3 Å². The molecular formula is C18H30N2O6. The number of rotatable bonds is 6. The summed E-state index contributed by atoms with van der Waals surface area (Å²) in [4.78, 5) is 26.9. The summed E-state index contributed by atoms with van der Waals surface area (Å²) in [6.07, 6.45) is -1.00. The van der Waals surface area contributed by atoms with Crippen LogP contribution in [0.2, 0.25) is 0 Å². The van der Waals surface area contributed by atoms with E-state index in [0.717, 1.165) is 0 Å². The molecule has 1 aliphatic rings. The lowest BCUT2D eigenvalue weighted by atomic mass is 9.89. The number of hydrogen-bond acceptors (Lipinski definition) is 6. The van der Waals surface area contributed by atoms with E-state index in [1.807, 2.05) is 34.6 Å². The van der Waals surface area contributed by atoms with Gasteiger partial charge in [0.15, 0.2) is 6.23 Å². The van der Waals surface area contributed by atoms with Crippen LogP contribution in [0.1, 0.15) is 52.8 Å². The van der Waals surface area contributed by atoms with Crippen LogP contribution in [0.5, 0.6) is 0 Å². The fraction of sp³-hybridized carbons (Fsp3) is 0.778. The number of H-pyrrole nitrogens is 1. The van der Waals surface area contributed by atoms with E-state index in [9.17, 15) is 14.7 Å². The Bertz CT molecular complexity index is 720. The van der Waals surface area contributed by atoms with E-state index in [2.05, 4.69) is 4.98 Å². The summed E-state index contributed by atoms with van der Waals surface area (Å²) in [7, 11) is 1.57. The minimum atomic E-state index is -0.883. The zero-order valence-electron chi connectivity index (χ0n) is 16.3. The van der Waals surface area contributed by atoms with Gasteiger partial charge in [0.25, 0.3) is 5.56 Å². The summed E-state index contributed by atoms with van der Waals surface area (Å²) in [5.74, 6) is 0. The molecule has 26 heavy (non-hydrogen) atoms. The summed E-state index contributed by atoms with van der Waals surface area (Å²) < 4.78 is 18.2. The zero-order valence-corrected chi connectivity index (χ0v) is 16.3. The number of aliphatic hydroxyl groups excluding tert-OH is 1. The van der Waals surface area contributed by atoms with Gasteiger partial charge in [-0.15, -0.1) is 0 Å². The Morgan fingerprint density at radius 1 is 1.38 bits per heavy atom. The highest BCUT2D eigenvalue weighted by Gasteiger charge is 2.45. The molecule has 1 aliphatic heterocycles. The molecule has 1 aromatic heterocycles. The average molecular weight is 370 g/mol. The fourth-order valence-electron chi connectivity index (χ4n) is 2.98. The van der Waals surface area contributed by atoms with Crippen molar-refractivity contribution in [3.8, 4) is 0 Å². The Kier molecular flexibility index (Phi) is 6.44. The second-order valence-electron chi connectivity index (χ2n) is 7.77. The van der Waals surface area contributed by atoms with Crippen molar-refractivity contribution in [3.63, 3.8) is 0 Å². The Balaban J connectivity index is 2.43. The number of aromatic amines is 1. The number of ether oxygens (including phenoxy) is 3. The number of nitrogens with one attached hydrogen (secondary N) is 1. The van der Waals surface area contributed by atoms with Gasteiger partial charge in [0, 0.05) is 18.9 Å². The van der Waals surface area contributed by atoms with Crippen LogP contribution in [0.4, 0.5) is 0 Å². The Hall–Kier alpha value is -1.48. The number of methoxy groups -OCH3 is 1. The van der Waals surface area contributed by atoms with E-state index in [1.165, 1.54) is 10.8 Å². The molecule has 0 amide bonds. The molecule has 8 nitrogen and oxygen atoms in total. The van der Waals surface area contributed by atoms with Crippen molar-refractivity contribution >= 4 is 0 Å². The number of aromatic nitrogens is 2. The van der Waals surface area contributed by atoms with E-state index >= 15 is 0 Å². The molecule has 0 saturated carbocycles. The fourth-order valence-corrected chi connectivity index (χ4v) is 2.98. The Morgan fingerprint density at radius 2 is 2.04 bits per heavy atom. The molecule has 5 unspecified atom stereocenters. The van der Waals surface area contributed by atoms with Gasteiger partial charge in [-0.1, -0.05) is 27.7 Å². The second-order valence-corrected chi connectivity index (χ2v) is 7.77. The van der Waals surface area contributed by atoms with Crippen LogP contribution in [-0.4, -0.2) is 52.8 Å². The number of nitrogens with zero attached hydrogens (tertiary/aromatic N) is 1. The van der Waals surface area contributed by atoms with Crippen LogP contribution >= 0.6 is 0 Å². The van der Waals surface area contributed by atoms with Crippen molar-refractivity contribution in [3.05, 3.63) is 32.6 Å². The molecule has 2 rings (SSSR count). The lowest BCUT2D eigenvalue weighted by Gasteiger charge is -2.25. The van der Waals surface area contributed by atoms with Crippen molar-refractivity contribution in [1.29, 1.82) is 0 Å². The van der Waals surface area contributed by atoms with E-state index in [4.69, 9.17) is 14.2 Å². The Labute approximate surface area is 153 Å². The summed E-state index contributed by atoms with van der Waals surface area (Å²) in [6.45, 7) is 9.65. The SMILES string of the molecule is CCC1OC(n2cc(C(C)(C)C)c(=O)[nH]c2=O)C(OCC(C)OC)C1O. The highest BCUT2D eigenvalue weighted by atomic mass is 16.6. The summed E-state index contributed by atoms with van der Waals surface area (Å²) in [6, 6.07) is 0. The van der Waals surface area contributed by atoms with Gasteiger partial charge in [-0.3, -0.25) is 14.3 Å². The first-order chi connectivity index (χ1) is 12.1. The quantitative estimate of drug-likeness (QED) is 0.772. The van der Waals surface area contributed by atoms with Crippen molar-refractivity contribution in [2.75, 3.05) is 13.7 Å². The van der Waals surface area contributed by atoms with Crippen LogP contribution in [0.25, 0.3) is 0 Å². The van der Waals surface area contributed by atoms with Crippen LogP contribution in [-0.2, 0) is 19.6 Å². The van der Waals surface area contributed by atoms with Crippen LogP contribution in [0.3, 0.4) is 0 Å². The third-order valence-corrected chi connectivity index (χ3v) is 4.69. The number of hydrogen-bond donors (Lipinski definition) is 2. The lowest BCUT2D eigenvalue weighted by Crippen LogP contribution is -2.42. The first kappa shape index (κ1) is 20.8. The normalized spacial score (nSPS) is 27.7. The molecule has 0 bridgehead atoms. The van der Waals surface area contributed by atoms with Crippen LogP contribution in [0, 0.1) is 0 Å². The standard InChI is InChI=1S/C18H30N2O6/c1-7-12-13(21)14(25-9-10(2)24-6)16(26-12)20-8-11(18(3,4)5)15(22)19-17(20)23/h8,10,12-14,16,21H,7,9H2,1-6H3,(H,19,22,23). The molecule has 148 valence electrons. The van der Waals surface area contributed by atoms with Gasteiger partial charge in [0.1, 0.15) is 12.2 Å². The van der Waals surface area contributed by atoms with E-state index < -0.39 is 41.2 Å². The minimum absolute atomic E-state index is 0.166. The predicted octanol–water partition coefficient (Wildman–Crippen LogP) is 0.923. The van der Waals surface area contributed by atoms with Gasteiger partial charge in [0.2, 0.25) is 0 Å². The van der Waals surface area contributed by atoms with E-state index in [1.54, 1.807) is 7.11 Å². The largest absolute Gasteiger partial charge is 0.388 e. The highest BCUT2D eigenvalue weighted by Crippen LogP contribution is 2.33.